The van der Waals surface area contributed by atoms with Crippen LogP contribution in [-0.2, 0) is 20.7 Å². The van der Waals surface area contributed by atoms with Crippen molar-refractivity contribution in [3.05, 3.63) is 52.3 Å². The lowest BCUT2D eigenvalue weighted by Crippen LogP contribution is -2.60. The van der Waals surface area contributed by atoms with Crippen LogP contribution < -0.4 is 16.3 Å². The molecule has 4 amide bonds. The van der Waals surface area contributed by atoms with Gasteiger partial charge in [-0.15, -0.1) is 0 Å². The molecule has 1 aromatic heterocycles. The maximum atomic E-state index is 14.3. The first-order valence-corrected chi connectivity index (χ1v) is 12.8. The summed E-state index contributed by atoms with van der Waals surface area (Å²) in [6, 6.07) is 5.00. The van der Waals surface area contributed by atoms with Gasteiger partial charge in [-0.2, -0.15) is 4.98 Å². The van der Waals surface area contributed by atoms with Crippen molar-refractivity contribution < 1.29 is 28.3 Å². The Hall–Kier alpha value is -4.29. The molecule has 0 aliphatic carbocycles. The number of nitrogens with one attached hydrogen (secondary N) is 2. The number of hydrogen-bond acceptors (Lipinski definition) is 7. The number of halogens is 1. The molecule has 0 bridgehead atoms. The third-order valence-corrected chi connectivity index (χ3v) is 6.00. The second kappa shape index (κ2) is 11.8. The van der Waals surface area contributed by atoms with E-state index in [-0.39, 0.29) is 61.4 Å². The van der Waals surface area contributed by atoms with E-state index in [4.69, 9.17) is 4.74 Å². The van der Waals surface area contributed by atoms with E-state index in [2.05, 4.69) is 15.6 Å². The van der Waals surface area contributed by atoms with Crippen molar-refractivity contribution in [2.45, 2.75) is 59.1 Å². The zero-order valence-corrected chi connectivity index (χ0v) is 23.5. The number of alkyl carbamates (subject to hydrolysis) is 1. The first-order valence-electron chi connectivity index (χ1n) is 12.8. The number of piperazine rings is 1. The third kappa shape index (κ3) is 7.87. The molecule has 1 fully saturated rings. The van der Waals surface area contributed by atoms with Gasteiger partial charge >= 0.3 is 17.8 Å². The van der Waals surface area contributed by atoms with Gasteiger partial charge in [0.25, 0.3) is 0 Å². The molecule has 0 unspecified atom stereocenters. The standard InChI is InChI=1S/C27H35FN6O6/c1-17(35)15-18-7-8-19(16-20(18)28)34-10-9-21(30-24(34)38)29-23(37)33-13-11-32(12-14-33)22(36)27(5,6)31-25(39)40-26(2,3)4/h7-10,16H,11-15H2,1-6H3,(H,31,39)(H,29,30,37,38). The number of anilines is 1. The number of nitrogens with zero attached hydrogens (tertiary/aromatic N) is 4. The molecule has 1 aliphatic heterocycles. The molecule has 0 saturated carbocycles. The molecule has 0 atom stereocenters. The monoisotopic (exact) mass is 558 g/mol. The number of benzene rings is 1. The SMILES string of the molecule is CC(=O)Cc1ccc(-n2ccc(NC(=O)N3CCN(C(=O)C(C)(C)NC(=O)OC(C)(C)C)CC3)nc2=O)cc1F. The summed E-state index contributed by atoms with van der Waals surface area (Å²) in [5.41, 5.74) is -2.19. The highest BCUT2D eigenvalue weighted by molar-refractivity contribution is 5.90. The van der Waals surface area contributed by atoms with Crippen LogP contribution in [0.2, 0.25) is 0 Å². The Morgan fingerprint density at radius 1 is 1.00 bits per heavy atom. The summed E-state index contributed by atoms with van der Waals surface area (Å²) in [6.45, 7) is 10.6. The summed E-state index contributed by atoms with van der Waals surface area (Å²) in [4.78, 5) is 68.7. The molecule has 40 heavy (non-hydrogen) atoms. The largest absolute Gasteiger partial charge is 0.444 e. The molecule has 2 N–H and O–H groups in total. The highest BCUT2D eigenvalue weighted by atomic mass is 19.1. The molecule has 1 saturated heterocycles. The van der Waals surface area contributed by atoms with Gasteiger partial charge in [-0.05, 0) is 65.3 Å². The fourth-order valence-corrected chi connectivity index (χ4v) is 4.08. The molecule has 12 nitrogen and oxygen atoms in total. The van der Waals surface area contributed by atoms with E-state index in [0.29, 0.717) is 0 Å². The number of carbonyl (C=O) groups excluding carboxylic acids is 4. The summed E-state index contributed by atoms with van der Waals surface area (Å²) in [5.74, 6) is -1.09. The highest BCUT2D eigenvalue weighted by Gasteiger charge is 2.36. The lowest BCUT2D eigenvalue weighted by molar-refractivity contribution is -0.138. The van der Waals surface area contributed by atoms with Crippen LogP contribution >= 0.6 is 0 Å². The maximum Gasteiger partial charge on any atom is 0.408 e. The van der Waals surface area contributed by atoms with E-state index >= 15 is 0 Å². The van der Waals surface area contributed by atoms with Crippen LogP contribution in [0.4, 0.5) is 19.8 Å². The maximum absolute atomic E-state index is 14.3. The lowest BCUT2D eigenvalue weighted by atomic mass is 10.0. The third-order valence-electron chi connectivity index (χ3n) is 6.00. The van der Waals surface area contributed by atoms with Crippen molar-refractivity contribution in [3.8, 4) is 5.69 Å². The number of hydrogen-bond donors (Lipinski definition) is 2. The summed E-state index contributed by atoms with van der Waals surface area (Å²) in [5, 5.41) is 5.16. The van der Waals surface area contributed by atoms with Crippen molar-refractivity contribution in [3.63, 3.8) is 0 Å². The molecular formula is C27H35FN6O6. The molecule has 2 heterocycles. The number of amides is 4. The Labute approximate surface area is 231 Å². The number of ether oxygens (including phenoxy) is 1. The minimum atomic E-state index is -1.21. The van der Waals surface area contributed by atoms with E-state index in [1.165, 1.54) is 36.2 Å². The van der Waals surface area contributed by atoms with Crippen LogP contribution in [0.5, 0.6) is 0 Å². The second-order valence-corrected chi connectivity index (χ2v) is 11.1. The van der Waals surface area contributed by atoms with Gasteiger partial charge in [-0.3, -0.25) is 19.5 Å². The summed E-state index contributed by atoms with van der Waals surface area (Å²) in [6.07, 6.45) is 0.613. The van der Waals surface area contributed by atoms with Crippen molar-refractivity contribution in [1.82, 2.24) is 24.7 Å². The quantitative estimate of drug-likeness (QED) is 0.555. The average molecular weight is 559 g/mol. The lowest BCUT2D eigenvalue weighted by Gasteiger charge is -2.38. The zero-order chi connectivity index (χ0) is 29.8. The van der Waals surface area contributed by atoms with Crippen molar-refractivity contribution in [1.29, 1.82) is 0 Å². The number of ketones is 1. The highest BCUT2D eigenvalue weighted by Crippen LogP contribution is 2.16. The van der Waals surface area contributed by atoms with Gasteiger partial charge in [-0.25, -0.2) is 18.8 Å². The topological polar surface area (TPSA) is 143 Å². The van der Waals surface area contributed by atoms with Crippen molar-refractivity contribution in [2.75, 3.05) is 31.5 Å². The molecule has 2 aromatic rings. The number of rotatable bonds is 6. The van der Waals surface area contributed by atoms with E-state index in [0.717, 1.165) is 10.6 Å². The van der Waals surface area contributed by atoms with Crippen LogP contribution in [0.15, 0.2) is 35.3 Å². The molecular weight excluding hydrogens is 523 g/mol. The molecule has 0 spiro atoms. The predicted molar refractivity (Wildman–Crippen MR) is 145 cm³/mol. The van der Waals surface area contributed by atoms with Gasteiger partial charge in [-0.1, -0.05) is 6.07 Å². The first kappa shape index (κ1) is 30.3. The molecule has 216 valence electrons. The van der Waals surface area contributed by atoms with Gasteiger partial charge in [0.1, 0.15) is 28.6 Å². The number of aromatic nitrogens is 2. The van der Waals surface area contributed by atoms with E-state index in [9.17, 15) is 28.4 Å². The number of urea groups is 1. The van der Waals surface area contributed by atoms with Crippen LogP contribution in [0, 0.1) is 5.82 Å². The average Bonchev–Trinajstić information content (AvgIpc) is 2.83. The first-order chi connectivity index (χ1) is 18.6. The summed E-state index contributed by atoms with van der Waals surface area (Å²) in [7, 11) is 0. The molecule has 3 rings (SSSR count). The van der Waals surface area contributed by atoms with Crippen LogP contribution in [0.1, 0.15) is 47.1 Å². The van der Waals surface area contributed by atoms with Gasteiger partial charge in [0.15, 0.2) is 0 Å². The van der Waals surface area contributed by atoms with Crippen LogP contribution in [0.25, 0.3) is 5.69 Å². The molecule has 1 aliphatic rings. The van der Waals surface area contributed by atoms with Gasteiger partial charge < -0.3 is 19.9 Å². The minimum Gasteiger partial charge on any atom is -0.444 e. The fraction of sp³-hybridized carbons (Fsp3) is 0.481. The summed E-state index contributed by atoms with van der Waals surface area (Å²) < 4.78 is 20.7. The molecule has 13 heteroatoms. The van der Waals surface area contributed by atoms with Gasteiger partial charge in [0.05, 0.1) is 5.69 Å². The Morgan fingerprint density at radius 2 is 1.62 bits per heavy atom. The molecule has 0 radical (unpaired) electrons. The second-order valence-electron chi connectivity index (χ2n) is 11.1. The van der Waals surface area contributed by atoms with Crippen molar-refractivity contribution >= 4 is 29.6 Å². The zero-order valence-electron chi connectivity index (χ0n) is 23.5. The molecule has 1 aromatic carbocycles. The van der Waals surface area contributed by atoms with E-state index in [1.54, 1.807) is 39.5 Å². The van der Waals surface area contributed by atoms with Crippen molar-refractivity contribution in [2.24, 2.45) is 0 Å². The minimum absolute atomic E-state index is 0.0149. The Bertz CT molecular complexity index is 1360. The summed E-state index contributed by atoms with van der Waals surface area (Å²) >= 11 is 0. The Kier molecular flexibility index (Phi) is 8.96. The predicted octanol–water partition coefficient (Wildman–Crippen LogP) is 2.48. The fourth-order valence-electron chi connectivity index (χ4n) is 4.08. The van der Waals surface area contributed by atoms with E-state index < -0.39 is 34.8 Å². The number of Topliss-reactive ketones (excluding diaryl/α,β-unsaturated/α-hetero) is 1. The number of carbonyl (C=O) groups is 4. The van der Waals surface area contributed by atoms with Crippen LogP contribution in [0.3, 0.4) is 0 Å². The van der Waals surface area contributed by atoms with E-state index in [1.807, 2.05) is 0 Å². The van der Waals surface area contributed by atoms with Gasteiger partial charge in [0, 0.05) is 38.8 Å². The Balaban J connectivity index is 1.57. The van der Waals surface area contributed by atoms with Crippen LogP contribution in [-0.4, -0.2) is 80.5 Å². The Morgan fingerprint density at radius 3 is 2.17 bits per heavy atom. The normalized spacial score (nSPS) is 14.0. The van der Waals surface area contributed by atoms with Gasteiger partial charge in [0.2, 0.25) is 5.91 Å². The smallest absolute Gasteiger partial charge is 0.408 e.